The van der Waals surface area contributed by atoms with E-state index in [0.717, 1.165) is 30.2 Å². The Hall–Kier alpha value is -1.64. The lowest BCUT2D eigenvalue weighted by Gasteiger charge is -2.16. The molecule has 1 aliphatic carbocycles. The van der Waals surface area contributed by atoms with Crippen molar-refractivity contribution in [1.29, 1.82) is 0 Å². The van der Waals surface area contributed by atoms with Gasteiger partial charge in [0.25, 0.3) is 0 Å². The van der Waals surface area contributed by atoms with Crippen LogP contribution in [0.3, 0.4) is 0 Å². The van der Waals surface area contributed by atoms with Crippen molar-refractivity contribution < 1.29 is 4.92 Å². The van der Waals surface area contributed by atoms with Gasteiger partial charge in [0.05, 0.1) is 4.92 Å². The fourth-order valence-corrected chi connectivity index (χ4v) is 2.21. The van der Waals surface area contributed by atoms with Crippen LogP contribution in [-0.2, 0) is 12.8 Å². The predicted molar refractivity (Wildman–Crippen MR) is 63.7 cm³/mol. The first-order valence-corrected chi connectivity index (χ1v) is 5.61. The van der Waals surface area contributed by atoms with Gasteiger partial charge in [-0.15, -0.1) is 0 Å². The van der Waals surface area contributed by atoms with Gasteiger partial charge in [0.1, 0.15) is 0 Å². The molecule has 0 aromatic heterocycles. The number of aryl methyl sites for hydroxylation is 2. The van der Waals surface area contributed by atoms with Gasteiger partial charge in [-0.2, -0.15) is 0 Å². The first-order valence-electron chi connectivity index (χ1n) is 5.61. The average molecular weight is 217 g/mol. The average Bonchev–Trinajstić information content (AvgIpc) is 2.27. The molecule has 0 atom stereocenters. The summed E-state index contributed by atoms with van der Waals surface area (Å²) in [6.07, 6.45) is 5.82. The molecule has 0 bridgehead atoms. The summed E-state index contributed by atoms with van der Waals surface area (Å²) in [6, 6.07) is 6.20. The zero-order valence-electron chi connectivity index (χ0n) is 9.40. The molecule has 3 nitrogen and oxygen atoms in total. The molecule has 0 saturated heterocycles. The number of rotatable bonds is 2. The van der Waals surface area contributed by atoms with E-state index in [0.29, 0.717) is 0 Å². The minimum Gasteiger partial charge on any atom is -0.259 e. The molecular weight excluding hydrogens is 202 g/mol. The molecule has 0 fully saturated rings. The van der Waals surface area contributed by atoms with Crippen molar-refractivity contribution in [3.05, 3.63) is 51.2 Å². The summed E-state index contributed by atoms with van der Waals surface area (Å²) < 4.78 is 0. The lowest BCUT2D eigenvalue weighted by molar-refractivity contribution is -0.401. The maximum Gasteiger partial charge on any atom is 0.237 e. The van der Waals surface area contributed by atoms with E-state index in [1.807, 2.05) is 6.07 Å². The van der Waals surface area contributed by atoms with Gasteiger partial charge in [-0.3, -0.25) is 10.1 Å². The van der Waals surface area contributed by atoms with Gasteiger partial charge in [-0.05, 0) is 49.3 Å². The lowest BCUT2D eigenvalue weighted by Crippen LogP contribution is -2.02. The zero-order valence-corrected chi connectivity index (χ0v) is 9.40. The molecule has 0 spiro atoms. The summed E-state index contributed by atoms with van der Waals surface area (Å²) in [4.78, 5) is 10.0. The minimum absolute atomic E-state index is 0.394. The minimum atomic E-state index is -0.394. The van der Waals surface area contributed by atoms with Crippen LogP contribution in [0, 0.1) is 10.1 Å². The number of fused-ring (bicyclic) bond motifs is 1. The molecule has 0 N–H and O–H groups in total. The van der Waals surface area contributed by atoms with E-state index in [4.69, 9.17) is 0 Å². The van der Waals surface area contributed by atoms with Gasteiger partial charge in [0.15, 0.2) is 0 Å². The summed E-state index contributed by atoms with van der Waals surface area (Å²) in [5.74, 6) is 0. The van der Waals surface area contributed by atoms with E-state index in [2.05, 4.69) is 12.1 Å². The summed E-state index contributed by atoms with van der Waals surface area (Å²) in [5.41, 5.74) is 4.46. The van der Waals surface area contributed by atoms with Crippen LogP contribution in [0.15, 0.2) is 24.4 Å². The van der Waals surface area contributed by atoms with E-state index in [9.17, 15) is 10.1 Å². The Bertz CT molecular complexity index is 449. The van der Waals surface area contributed by atoms with Gasteiger partial charge in [-0.1, -0.05) is 18.2 Å². The number of allylic oxidation sites excluding steroid dienone is 1. The Morgan fingerprint density at radius 2 is 2.00 bits per heavy atom. The molecule has 3 heteroatoms. The van der Waals surface area contributed by atoms with Gasteiger partial charge < -0.3 is 0 Å². The fourth-order valence-electron chi connectivity index (χ4n) is 2.21. The highest BCUT2D eigenvalue weighted by Crippen LogP contribution is 2.25. The summed E-state index contributed by atoms with van der Waals surface area (Å²) >= 11 is 0. The van der Waals surface area contributed by atoms with Crippen LogP contribution in [0.5, 0.6) is 0 Å². The molecule has 0 aliphatic heterocycles. The normalized spacial score (nSPS) is 15.7. The standard InChI is InChI=1S/C13H15NO2/c1-10(9-14(15)16)12-7-6-11-4-2-3-5-13(11)8-12/h6-9H,2-5H2,1H3/b10-9+. The Kier molecular flexibility index (Phi) is 3.04. The van der Waals surface area contributed by atoms with Crippen LogP contribution in [-0.4, -0.2) is 4.92 Å². The van der Waals surface area contributed by atoms with E-state index < -0.39 is 4.92 Å². The Balaban J connectivity index is 2.33. The van der Waals surface area contributed by atoms with E-state index in [1.54, 1.807) is 6.92 Å². The van der Waals surface area contributed by atoms with Gasteiger partial charge in [0.2, 0.25) is 6.20 Å². The van der Waals surface area contributed by atoms with Crippen LogP contribution < -0.4 is 0 Å². The van der Waals surface area contributed by atoms with Crippen molar-refractivity contribution in [1.82, 2.24) is 0 Å². The molecule has 1 aromatic rings. The predicted octanol–water partition coefficient (Wildman–Crippen LogP) is 3.20. The van der Waals surface area contributed by atoms with Crippen molar-refractivity contribution in [3.8, 4) is 0 Å². The number of nitro groups is 1. The van der Waals surface area contributed by atoms with Crippen LogP contribution in [0.1, 0.15) is 36.5 Å². The van der Waals surface area contributed by atoms with Crippen LogP contribution in [0.2, 0.25) is 0 Å². The Morgan fingerprint density at radius 3 is 2.69 bits per heavy atom. The lowest BCUT2D eigenvalue weighted by atomic mass is 9.89. The summed E-state index contributed by atoms with van der Waals surface area (Å²) in [5, 5.41) is 10.4. The first kappa shape index (κ1) is 10.9. The smallest absolute Gasteiger partial charge is 0.237 e. The molecule has 1 aromatic carbocycles. The highest BCUT2D eigenvalue weighted by Gasteiger charge is 2.10. The van der Waals surface area contributed by atoms with Crippen LogP contribution in [0.25, 0.3) is 5.57 Å². The molecule has 84 valence electrons. The topological polar surface area (TPSA) is 43.1 Å². The third-order valence-corrected chi connectivity index (χ3v) is 3.10. The van der Waals surface area contributed by atoms with Crippen molar-refractivity contribution in [2.24, 2.45) is 0 Å². The fraction of sp³-hybridized carbons (Fsp3) is 0.385. The zero-order chi connectivity index (χ0) is 11.5. The van der Waals surface area contributed by atoms with Crippen LogP contribution in [0.4, 0.5) is 0 Å². The molecule has 0 amide bonds. The second kappa shape index (κ2) is 4.47. The molecule has 0 saturated carbocycles. The number of hydrogen-bond acceptors (Lipinski definition) is 2. The van der Waals surface area contributed by atoms with Crippen molar-refractivity contribution in [2.45, 2.75) is 32.6 Å². The van der Waals surface area contributed by atoms with Crippen molar-refractivity contribution in [2.75, 3.05) is 0 Å². The van der Waals surface area contributed by atoms with Crippen molar-refractivity contribution >= 4 is 5.57 Å². The molecule has 2 rings (SSSR count). The molecule has 1 aliphatic rings. The quantitative estimate of drug-likeness (QED) is 0.564. The van der Waals surface area contributed by atoms with Gasteiger partial charge in [-0.25, -0.2) is 0 Å². The highest BCUT2D eigenvalue weighted by molar-refractivity contribution is 5.63. The number of nitrogens with zero attached hydrogens (tertiary/aromatic N) is 1. The van der Waals surface area contributed by atoms with E-state index >= 15 is 0 Å². The Labute approximate surface area is 94.9 Å². The third kappa shape index (κ3) is 2.30. The summed E-state index contributed by atoms with van der Waals surface area (Å²) in [6.45, 7) is 1.79. The SMILES string of the molecule is C/C(=C\[N+](=O)[O-])c1ccc2c(c1)CCCC2. The molecule has 0 radical (unpaired) electrons. The maximum atomic E-state index is 10.4. The van der Waals surface area contributed by atoms with Crippen LogP contribution >= 0.6 is 0 Å². The molecular formula is C13H15NO2. The second-order valence-corrected chi connectivity index (χ2v) is 4.29. The monoisotopic (exact) mass is 217 g/mol. The highest BCUT2D eigenvalue weighted by atomic mass is 16.6. The van der Waals surface area contributed by atoms with Gasteiger partial charge >= 0.3 is 0 Å². The van der Waals surface area contributed by atoms with E-state index in [1.165, 1.54) is 24.0 Å². The first-order chi connectivity index (χ1) is 7.66. The van der Waals surface area contributed by atoms with E-state index in [-0.39, 0.29) is 0 Å². The third-order valence-electron chi connectivity index (χ3n) is 3.10. The van der Waals surface area contributed by atoms with Gasteiger partial charge in [0, 0.05) is 5.57 Å². The Morgan fingerprint density at radius 1 is 1.31 bits per heavy atom. The number of hydrogen-bond donors (Lipinski definition) is 0. The van der Waals surface area contributed by atoms with Crippen molar-refractivity contribution in [3.63, 3.8) is 0 Å². The molecule has 16 heavy (non-hydrogen) atoms. The summed E-state index contributed by atoms with van der Waals surface area (Å²) in [7, 11) is 0. The largest absolute Gasteiger partial charge is 0.259 e. The molecule has 0 heterocycles. The number of benzene rings is 1. The second-order valence-electron chi connectivity index (χ2n) is 4.29. The maximum absolute atomic E-state index is 10.4. The molecule has 0 unspecified atom stereocenters.